The van der Waals surface area contributed by atoms with Crippen molar-refractivity contribution in [2.45, 2.75) is 51.0 Å². The van der Waals surface area contributed by atoms with Gasteiger partial charge < -0.3 is 9.84 Å². The summed E-state index contributed by atoms with van der Waals surface area (Å²) in [7, 11) is 2.09. The number of para-hydroxylation sites is 1. The molecule has 1 fully saturated rings. The minimum absolute atomic E-state index is 0.132. The molecule has 1 aliphatic carbocycles. The van der Waals surface area contributed by atoms with Gasteiger partial charge in [-0.2, -0.15) is 0 Å². The maximum atomic E-state index is 10.9. The Hall–Kier alpha value is -1.84. The largest absolute Gasteiger partial charge is 0.487 e. The van der Waals surface area contributed by atoms with Crippen molar-refractivity contribution in [1.82, 2.24) is 4.90 Å². The summed E-state index contributed by atoms with van der Waals surface area (Å²) in [5, 5.41) is 10.9. The zero-order valence-electron chi connectivity index (χ0n) is 14.6. The summed E-state index contributed by atoms with van der Waals surface area (Å²) < 4.78 is 6.15. The van der Waals surface area contributed by atoms with E-state index in [1.54, 1.807) is 0 Å². The van der Waals surface area contributed by atoms with Crippen molar-refractivity contribution < 1.29 is 9.84 Å². The lowest BCUT2D eigenvalue weighted by Gasteiger charge is -2.40. The first-order valence-electron chi connectivity index (χ1n) is 8.79. The number of hydrogen-bond donors (Lipinski definition) is 1. The van der Waals surface area contributed by atoms with Crippen LogP contribution in [0.5, 0.6) is 5.75 Å². The molecular weight excluding hydrogens is 298 g/mol. The average Bonchev–Trinajstić information content (AvgIpc) is 2.59. The number of aryl methyl sites for hydroxylation is 1. The molecule has 0 radical (unpaired) electrons. The predicted molar refractivity (Wildman–Crippen MR) is 97.1 cm³/mol. The zero-order chi connectivity index (χ0) is 16.9. The topological polar surface area (TPSA) is 32.7 Å². The van der Waals surface area contributed by atoms with Crippen molar-refractivity contribution in [1.29, 1.82) is 0 Å². The van der Waals surface area contributed by atoms with Gasteiger partial charge in [0, 0.05) is 12.6 Å². The number of nitrogens with zero attached hydrogens (tertiary/aromatic N) is 1. The fraction of sp³-hybridized carbons (Fsp3) is 0.429. The first kappa shape index (κ1) is 17.0. The Labute approximate surface area is 144 Å². The summed E-state index contributed by atoms with van der Waals surface area (Å²) >= 11 is 0. The lowest BCUT2D eigenvalue weighted by molar-refractivity contribution is -0.0493. The van der Waals surface area contributed by atoms with Crippen LogP contribution in [0.25, 0.3) is 0 Å². The van der Waals surface area contributed by atoms with E-state index in [2.05, 4.69) is 36.2 Å². The molecule has 1 N–H and O–H groups in total. The normalized spacial score (nSPS) is 24.1. The molecule has 1 aliphatic rings. The lowest BCUT2D eigenvalue weighted by atomic mass is 9.88. The van der Waals surface area contributed by atoms with E-state index in [0.717, 1.165) is 37.1 Å². The van der Waals surface area contributed by atoms with Gasteiger partial charge in [-0.25, -0.2) is 0 Å². The predicted octanol–water partition coefficient (Wildman–Crippen LogP) is 3.79. The molecule has 0 bridgehead atoms. The first-order chi connectivity index (χ1) is 11.6. The van der Waals surface area contributed by atoms with Gasteiger partial charge in [0.25, 0.3) is 0 Å². The SMILES string of the molecule is Cc1ccccc1O[C@@H]1CCC[C@H](N(C)Cc2ccccc2)[C@H]1O. The third-order valence-electron chi connectivity index (χ3n) is 4.98. The molecule has 2 aromatic carbocycles. The van der Waals surface area contributed by atoms with E-state index >= 15 is 0 Å². The molecule has 2 aromatic rings. The van der Waals surface area contributed by atoms with Gasteiger partial charge in [0.05, 0.1) is 0 Å². The van der Waals surface area contributed by atoms with E-state index in [-0.39, 0.29) is 12.1 Å². The van der Waals surface area contributed by atoms with Gasteiger partial charge in [-0.05, 0) is 50.4 Å². The molecule has 1 saturated carbocycles. The molecule has 3 atom stereocenters. The second-order valence-electron chi connectivity index (χ2n) is 6.81. The van der Waals surface area contributed by atoms with Crippen molar-refractivity contribution >= 4 is 0 Å². The quantitative estimate of drug-likeness (QED) is 0.908. The molecule has 0 aliphatic heterocycles. The summed E-state index contributed by atoms with van der Waals surface area (Å²) in [5.74, 6) is 0.882. The Balaban J connectivity index is 1.66. The molecule has 0 amide bonds. The number of rotatable bonds is 5. The van der Waals surface area contributed by atoms with Gasteiger partial charge in [-0.15, -0.1) is 0 Å². The van der Waals surface area contributed by atoms with E-state index in [9.17, 15) is 5.11 Å². The molecular formula is C21H27NO2. The summed E-state index contributed by atoms with van der Waals surface area (Å²) in [6, 6.07) is 18.6. The number of ether oxygens (including phenoxy) is 1. The standard InChI is InChI=1S/C21H27NO2/c1-16-9-6-7-13-19(16)24-20-14-8-12-18(21(20)23)22(2)15-17-10-4-3-5-11-17/h3-7,9-11,13,18,20-21,23H,8,12,14-15H2,1-2H3/t18-,20+,21+/m0/s1. The first-order valence-corrected chi connectivity index (χ1v) is 8.79. The number of aliphatic hydroxyl groups is 1. The van der Waals surface area contributed by atoms with E-state index in [1.807, 2.05) is 37.3 Å². The molecule has 3 heteroatoms. The minimum Gasteiger partial charge on any atom is -0.487 e. The smallest absolute Gasteiger partial charge is 0.126 e. The molecule has 3 nitrogen and oxygen atoms in total. The third kappa shape index (κ3) is 3.97. The van der Waals surface area contributed by atoms with E-state index < -0.39 is 6.10 Å². The van der Waals surface area contributed by atoms with Crippen LogP contribution in [0.4, 0.5) is 0 Å². The van der Waals surface area contributed by atoms with Gasteiger partial charge in [0.15, 0.2) is 0 Å². The van der Waals surface area contributed by atoms with Gasteiger partial charge >= 0.3 is 0 Å². The van der Waals surface area contributed by atoms with Crippen molar-refractivity contribution in [3.8, 4) is 5.75 Å². The fourth-order valence-corrected chi connectivity index (χ4v) is 3.57. The molecule has 0 spiro atoms. The zero-order valence-corrected chi connectivity index (χ0v) is 14.6. The Morgan fingerprint density at radius 3 is 2.50 bits per heavy atom. The molecule has 128 valence electrons. The van der Waals surface area contributed by atoms with Gasteiger partial charge in [-0.1, -0.05) is 48.5 Å². The number of likely N-dealkylation sites (N-methyl/N-ethyl adjacent to an activating group) is 1. The van der Waals surface area contributed by atoms with Crippen molar-refractivity contribution in [2.75, 3.05) is 7.05 Å². The number of hydrogen-bond acceptors (Lipinski definition) is 3. The van der Waals surface area contributed by atoms with Gasteiger partial charge in [-0.3, -0.25) is 4.90 Å². The van der Waals surface area contributed by atoms with Crippen LogP contribution < -0.4 is 4.74 Å². The Kier molecular flexibility index (Phi) is 5.54. The van der Waals surface area contributed by atoms with Crippen molar-refractivity contribution in [3.05, 3.63) is 65.7 Å². The Morgan fingerprint density at radius 1 is 1.04 bits per heavy atom. The van der Waals surface area contributed by atoms with Crippen LogP contribution in [0.3, 0.4) is 0 Å². The highest BCUT2D eigenvalue weighted by Crippen LogP contribution is 2.29. The molecule has 0 unspecified atom stereocenters. The van der Waals surface area contributed by atoms with Crippen LogP contribution in [0.2, 0.25) is 0 Å². The summed E-state index contributed by atoms with van der Waals surface area (Å²) in [6.07, 6.45) is 2.40. The highest BCUT2D eigenvalue weighted by Gasteiger charge is 2.35. The summed E-state index contributed by atoms with van der Waals surface area (Å²) in [4.78, 5) is 2.26. The summed E-state index contributed by atoms with van der Waals surface area (Å²) in [5.41, 5.74) is 2.39. The van der Waals surface area contributed by atoms with Crippen LogP contribution in [0.1, 0.15) is 30.4 Å². The number of benzene rings is 2. The summed E-state index contributed by atoms with van der Waals surface area (Å²) in [6.45, 7) is 2.89. The molecule has 0 saturated heterocycles. The van der Waals surface area contributed by atoms with Crippen molar-refractivity contribution in [3.63, 3.8) is 0 Å². The van der Waals surface area contributed by atoms with Crippen LogP contribution >= 0.6 is 0 Å². The Bertz CT molecular complexity index is 643. The van der Waals surface area contributed by atoms with E-state index in [0.29, 0.717) is 0 Å². The Morgan fingerprint density at radius 2 is 1.75 bits per heavy atom. The van der Waals surface area contributed by atoms with Crippen LogP contribution in [0, 0.1) is 6.92 Å². The monoisotopic (exact) mass is 325 g/mol. The van der Waals surface area contributed by atoms with Gasteiger partial charge in [0.2, 0.25) is 0 Å². The van der Waals surface area contributed by atoms with Crippen LogP contribution in [-0.4, -0.2) is 35.3 Å². The van der Waals surface area contributed by atoms with Crippen LogP contribution in [0.15, 0.2) is 54.6 Å². The fourth-order valence-electron chi connectivity index (χ4n) is 3.57. The molecule has 0 heterocycles. The highest BCUT2D eigenvalue weighted by molar-refractivity contribution is 5.32. The molecule has 0 aromatic heterocycles. The maximum Gasteiger partial charge on any atom is 0.126 e. The lowest BCUT2D eigenvalue weighted by Crippen LogP contribution is -2.51. The number of aliphatic hydroxyl groups excluding tert-OH is 1. The minimum atomic E-state index is -0.466. The van der Waals surface area contributed by atoms with E-state index in [4.69, 9.17) is 4.74 Å². The third-order valence-corrected chi connectivity index (χ3v) is 4.98. The van der Waals surface area contributed by atoms with Crippen LogP contribution in [-0.2, 0) is 6.54 Å². The molecule has 24 heavy (non-hydrogen) atoms. The highest BCUT2D eigenvalue weighted by atomic mass is 16.5. The average molecular weight is 325 g/mol. The maximum absolute atomic E-state index is 10.9. The second kappa shape index (κ2) is 7.82. The van der Waals surface area contributed by atoms with Crippen molar-refractivity contribution in [2.24, 2.45) is 0 Å². The molecule has 3 rings (SSSR count). The van der Waals surface area contributed by atoms with E-state index in [1.165, 1.54) is 5.56 Å². The van der Waals surface area contributed by atoms with Gasteiger partial charge in [0.1, 0.15) is 18.0 Å². The second-order valence-corrected chi connectivity index (χ2v) is 6.81.